The average Bonchev–Trinajstić information content (AvgIpc) is 2.06. The molecule has 1 aromatic rings. The van der Waals surface area contributed by atoms with Crippen LogP contribution in [0.2, 0.25) is 5.02 Å². The van der Waals surface area contributed by atoms with Crippen molar-refractivity contribution in [1.29, 1.82) is 0 Å². The summed E-state index contributed by atoms with van der Waals surface area (Å²) in [5.74, 6) is 0.802. The maximum Gasteiger partial charge on any atom is 0.148 e. The fraction of sp³-hybridized carbons (Fsp3) is 0.111. The molecule has 0 unspecified atom stereocenters. The van der Waals surface area contributed by atoms with E-state index in [-0.39, 0.29) is 0 Å². The van der Waals surface area contributed by atoms with E-state index in [0.29, 0.717) is 5.02 Å². The van der Waals surface area contributed by atoms with Crippen molar-refractivity contribution in [2.45, 2.75) is 6.42 Å². The molecule has 11 heavy (non-hydrogen) atoms. The molecule has 0 radical (unpaired) electrons. The van der Waals surface area contributed by atoms with Crippen molar-refractivity contribution in [2.75, 3.05) is 0 Å². The highest BCUT2D eigenvalue weighted by Gasteiger charge is 2.08. The average molecular weight is 167 g/mol. The first-order valence-corrected chi connectivity index (χ1v) is 3.85. The van der Waals surface area contributed by atoms with E-state index in [1.54, 1.807) is 6.26 Å². The van der Waals surface area contributed by atoms with Crippen molar-refractivity contribution in [2.24, 2.45) is 0 Å². The van der Waals surface area contributed by atoms with E-state index in [1.165, 1.54) is 0 Å². The molecule has 2 heteroatoms. The van der Waals surface area contributed by atoms with Crippen molar-refractivity contribution >= 4 is 11.6 Å². The molecule has 56 valence electrons. The van der Waals surface area contributed by atoms with Gasteiger partial charge in [0, 0.05) is 5.56 Å². The molecular weight excluding hydrogens is 160 g/mol. The van der Waals surface area contributed by atoms with Gasteiger partial charge in [-0.25, -0.2) is 0 Å². The largest absolute Gasteiger partial charge is 0.463 e. The number of fused-ring (bicyclic) bond motifs is 1. The number of rotatable bonds is 0. The van der Waals surface area contributed by atoms with Crippen LogP contribution in [-0.2, 0) is 6.42 Å². The van der Waals surface area contributed by atoms with Crippen LogP contribution in [0.4, 0.5) is 0 Å². The SMILES string of the molecule is Clc1cccc2c1OC=CC2. The van der Waals surface area contributed by atoms with Gasteiger partial charge in [0.15, 0.2) is 0 Å². The highest BCUT2D eigenvalue weighted by atomic mass is 35.5. The van der Waals surface area contributed by atoms with E-state index in [2.05, 4.69) is 0 Å². The third-order valence-corrected chi connectivity index (χ3v) is 1.97. The standard InChI is InChI=1S/C9H7ClO/c10-8-5-1-3-7-4-2-6-11-9(7)8/h1-3,5-6H,4H2. The Hall–Kier alpha value is -0.950. The minimum Gasteiger partial charge on any atom is -0.463 e. The first-order valence-electron chi connectivity index (χ1n) is 3.47. The summed E-state index contributed by atoms with van der Waals surface area (Å²) in [6.45, 7) is 0. The summed E-state index contributed by atoms with van der Waals surface area (Å²) in [4.78, 5) is 0. The van der Waals surface area contributed by atoms with Crippen molar-refractivity contribution in [3.05, 3.63) is 41.1 Å². The van der Waals surface area contributed by atoms with Crippen LogP contribution in [0, 0.1) is 0 Å². The molecule has 1 aliphatic rings. The number of ether oxygens (including phenoxy) is 1. The number of para-hydroxylation sites is 1. The quantitative estimate of drug-likeness (QED) is 0.576. The second-order valence-corrected chi connectivity index (χ2v) is 2.83. The van der Waals surface area contributed by atoms with Gasteiger partial charge in [0.05, 0.1) is 11.3 Å². The molecule has 2 rings (SSSR count). The van der Waals surface area contributed by atoms with Gasteiger partial charge in [0.2, 0.25) is 0 Å². The zero-order valence-electron chi connectivity index (χ0n) is 5.88. The Morgan fingerprint density at radius 1 is 1.36 bits per heavy atom. The Labute approximate surface area is 70.2 Å². The Balaban J connectivity index is 2.54. The van der Waals surface area contributed by atoms with E-state index >= 15 is 0 Å². The minimum absolute atomic E-state index is 0.687. The fourth-order valence-corrected chi connectivity index (χ4v) is 1.38. The molecular formula is C9H7ClO. The smallest absolute Gasteiger partial charge is 0.148 e. The molecule has 1 nitrogen and oxygen atoms in total. The van der Waals surface area contributed by atoms with Crippen molar-refractivity contribution in [1.82, 2.24) is 0 Å². The zero-order chi connectivity index (χ0) is 7.68. The van der Waals surface area contributed by atoms with Crippen molar-refractivity contribution in [3.63, 3.8) is 0 Å². The summed E-state index contributed by atoms with van der Waals surface area (Å²) >= 11 is 5.88. The van der Waals surface area contributed by atoms with Gasteiger partial charge in [-0.05, 0) is 18.6 Å². The van der Waals surface area contributed by atoms with E-state index in [0.717, 1.165) is 17.7 Å². The molecule has 0 bridgehead atoms. The van der Waals surface area contributed by atoms with Gasteiger partial charge in [-0.1, -0.05) is 23.7 Å². The van der Waals surface area contributed by atoms with Crippen LogP contribution in [-0.4, -0.2) is 0 Å². The maximum absolute atomic E-state index is 5.88. The molecule has 0 aromatic heterocycles. The van der Waals surface area contributed by atoms with Crippen LogP contribution in [0.3, 0.4) is 0 Å². The van der Waals surface area contributed by atoms with Gasteiger partial charge in [0.1, 0.15) is 5.75 Å². The van der Waals surface area contributed by atoms with Crippen molar-refractivity contribution in [3.8, 4) is 5.75 Å². The summed E-state index contributed by atoms with van der Waals surface area (Å²) in [5, 5.41) is 0.687. The summed E-state index contributed by atoms with van der Waals surface area (Å²) in [6, 6.07) is 5.79. The predicted molar refractivity (Wildman–Crippen MR) is 44.9 cm³/mol. The molecule has 0 atom stereocenters. The summed E-state index contributed by atoms with van der Waals surface area (Å²) in [7, 11) is 0. The number of allylic oxidation sites excluding steroid dienone is 1. The van der Waals surface area contributed by atoms with Crippen LogP contribution < -0.4 is 4.74 Å². The molecule has 0 amide bonds. The lowest BCUT2D eigenvalue weighted by Crippen LogP contribution is -1.95. The molecule has 1 aliphatic heterocycles. The lowest BCUT2D eigenvalue weighted by molar-refractivity contribution is 0.465. The summed E-state index contributed by atoms with van der Waals surface area (Å²) in [6.07, 6.45) is 4.56. The molecule has 1 aromatic carbocycles. The Kier molecular flexibility index (Phi) is 1.59. The number of hydrogen-bond donors (Lipinski definition) is 0. The van der Waals surface area contributed by atoms with Gasteiger partial charge in [-0.3, -0.25) is 0 Å². The molecule has 0 fully saturated rings. The Morgan fingerprint density at radius 2 is 2.27 bits per heavy atom. The number of benzene rings is 1. The molecule has 0 saturated carbocycles. The number of hydrogen-bond acceptors (Lipinski definition) is 1. The van der Waals surface area contributed by atoms with Gasteiger partial charge in [-0.15, -0.1) is 0 Å². The van der Waals surface area contributed by atoms with E-state index in [4.69, 9.17) is 16.3 Å². The molecule has 1 heterocycles. The predicted octanol–water partition coefficient (Wildman–Crippen LogP) is 2.79. The third kappa shape index (κ3) is 1.12. The topological polar surface area (TPSA) is 9.23 Å². The summed E-state index contributed by atoms with van der Waals surface area (Å²) < 4.78 is 5.24. The van der Waals surface area contributed by atoms with Gasteiger partial charge in [0.25, 0.3) is 0 Å². The fourth-order valence-electron chi connectivity index (χ4n) is 1.14. The Morgan fingerprint density at radius 3 is 3.09 bits per heavy atom. The van der Waals surface area contributed by atoms with Crippen LogP contribution in [0.5, 0.6) is 5.75 Å². The monoisotopic (exact) mass is 166 g/mol. The second-order valence-electron chi connectivity index (χ2n) is 2.42. The van der Waals surface area contributed by atoms with Gasteiger partial charge in [-0.2, -0.15) is 0 Å². The van der Waals surface area contributed by atoms with Gasteiger partial charge >= 0.3 is 0 Å². The van der Waals surface area contributed by atoms with E-state index < -0.39 is 0 Å². The van der Waals surface area contributed by atoms with Crippen molar-refractivity contribution < 1.29 is 4.74 Å². The minimum atomic E-state index is 0.687. The molecule has 0 saturated heterocycles. The van der Waals surface area contributed by atoms with E-state index in [9.17, 15) is 0 Å². The third-order valence-electron chi connectivity index (χ3n) is 1.67. The maximum atomic E-state index is 5.88. The second kappa shape index (κ2) is 2.59. The molecule has 0 N–H and O–H groups in total. The first kappa shape index (κ1) is 6.74. The zero-order valence-corrected chi connectivity index (χ0v) is 6.64. The lowest BCUT2D eigenvalue weighted by Gasteiger charge is -2.11. The van der Waals surface area contributed by atoms with Gasteiger partial charge < -0.3 is 4.74 Å². The van der Waals surface area contributed by atoms with Crippen LogP contribution >= 0.6 is 11.6 Å². The first-order chi connectivity index (χ1) is 5.38. The highest BCUT2D eigenvalue weighted by Crippen LogP contribution is 2.31. The highest BCUT2D eigenvalue weighted by molar-refractivity contribution is 6.32. The molecule has 0 spiro atoms. The van der Waals surface area contributed by atoms with E-state index in [1.807, 2.05) is 24.3 Å². The lowest BCUT2D eigenvalue weighted by atomic mass is 10.1. The normalized spacial score (nSPS) is 13.9. The Bertz CT molecular complexity index is 304. The molecule has 0 aliphatic carbocycles. The van der Waals surface area contributed by atoms with Crippen LogP contribution in [0.25, 0.3) is 0 Å². The van der Waals surface area contributed by atoms with Crippen LogP contribution in [0.1, 0.15) is 5.56 Å². The summed E-state index contributed by atoms with van der Waals surface area (Å²) in [5.41, 5.74) is 1.15. The van der Waals surface area contributed by atoms with Crippen LogP contribution in [0.15, 0.2) is 30.5 Å². The number of halogens is 1.